The molecule has 0 aliphatic carbocycles. The molecule has 8 heteroatoms. The lowest BCUT2D eigenvalue weighted by Crippen LogP contribution is -2.49. The number of carbonyl (C=O) groups excluding carboxylic acids is 1. The summed E-state index contributed by atoms with van der Waals surface area (Å²) in [6.07, 6.45) is 5.11. The largest absolute Gasteiger partial charge is 0.352 e. The van der Waals surface area contributed by atoms with Gasteiger partial charge in [0.2, 0.25) is 0 Å². The zero-order valence-corrected chi connectivity index (χ0v) is 15.2. The van der Waals surface area contributed by atoms with E-state index in [-0.39, 0.29) is 5.91 Å². The summed E-state index contributed by atoms with van der Waals surface area (Å²) in [4.78, 5) is 30.2. The Morgan fingerprint density at radius 2 is 1.88 bits per heavy atom. The third-order valence-electron chi connectivity index (χ3n) is 4.77. The molecule has 0 aromatic carbocycles. The fourth-order valence-corrected chi connectivity index (χ4v) is 3.50. The standard InChI is InChI=1S/C18H21N7O/c1-12-10-14(16-13(2)22-23(3)17(16)21-12)18(26)25-8-6-24(7-9-25)15-11-19-4-5-20-15/h4-5,10-11H,6-9H2,1-3H3. The van der Waals surface area contributed by atoms with E-state index in [0.29, 0.717) is 18.7 Å². The molecule has 0 unspecified atom stereocenters. The molecule has 4 rings (SSSR count). The molecule has 0 atom stereocenters. The maximum atomic E-state index is 13.2. The third kappa shape index (κ3) is 2.77. The molecule has 134 valence electrons. The van der Waals surface area contributed by atoms with Crippen molar-refractivity contribution in [2.24, 2.45) is 7.05 Å². The molecule has 4 heterocycles. The number of aromatic nitrogens is 5. The Hall–Kier alpha value is -3.03. The second kappa shape index (κ2) is 6.36. The van der Waals surface area contributed by atoms with E-state index in [0.717, 1.165) is 41.3 Å². The van der Waals surface area contributed by atoms with E-state index in [4.69, 9.17) is 0 Å². The predicted molar refractivity (Wildman–Crippen MR) is 98.1 cm³/mol. The number of pyridine rings is 1. The van der Waals surface area contributed by atoms with Crippen LogP contribution in [0.1, 0.15) is 21.7 Å². The average molecular weight is 351 g/mol. The van der Waals surface area contributed by atoms with Crippen LogP contribution in [0.15, 0.2) is 24.7 Å². The number of amides is 1. The maximum absolute atomic E-state index is 13.2. The highest BCUT2D eigenvalue weighted by Crippen LogP contribution is 2.24. The molecule has 3 aromatic heterocycles. The number of piperazine rings is 1. The molecule has 8 nitrogen and oxygen atoms in total. The summed E-state index contributed by atoms with van der Waals surface area (Å²) in [5.74, 6) is 0.889. The monoisotopic (exact) mass is 351 g/mol. The van der Waals surface area contributed by atoms with Gasteiger partial charge in [-0.3, -0.25) is 14.5 Å². The fourth-order valence-electron chi connectivity index (χ4n) is 3.50. The lowest BCUT2D eigenvalue weighted by atomic mass is 10.1. The van der Waals surface area contributed by atoms with Gasteiger partial charge in [-0.25, -0.2) is 9.97 Å². The number of hydrogen-bond donors (Lipinski definition) is 0. The van der Waals surface area contributed by atoms with Gasteiger partial charge in [-0.1, -0.05) is 0 Å². The summed E-state index contributed by atoms with van der Waals surface area (Å²) in [5, 5.41) is 5.28. The van der Waals surface area contributed by atoms with Crippen LogP contribution < -0.4 is 4.90 Å². The Morgan fingerprint density at radius 1 is 1.12 bits per heavy atom. The van der Waals surface area contributed by atoms with Gasteiger partial charge in [0.25, 0.3) is 5.91 Å². The molecular formula is C18H21N7O. The first kappa shape index (κ1) is 16.4. The quantitative estimate of drug-likeness (QED) is 0.693. The van der Waals surface area contributed by atoms with Gasteiger partial charge >= 0.3 is 0 Å². The molecule has 0 N–H and O–H groups in total. The van der Waals surface area contributed by atoms with E-state index >= 15 is 0 Å². The Morgan fingerprint density at radius 3 is 2.58 bits per heavy atom. The van der Waals surface area contributed by atoms with E-state index in [1.54, 1.807) is 23.3 Å². The van der Waals surface area contributed by atoms with Crippen molar-refractivity contribution in [3.05, 3.63) is 41.6 Å². The maximum Gasteiger partial charge on any atom is 0.254 e. The highest BCUT2D eigenvalue weighted by molar-refractivity contribution is 6.06. The first-order chi connectivity index (χ1) is 12.5. The van der Waals surface area contributed by atoms with Crippen LogP contribution in [-0.2, 0) is 7.05 Å². The van der Waals surface area contributed by atoms with Crippen LogP contribution in [-0.4, -0.2) is 61.7 Å². The molecule has 1 amide bonds. The van der Waals surface area contributed by atoms with Crippen LogP contribution in [0.4, 0.5) is 5.82 Å². The van der Waals surface area contributed by atoms with Crippen LogP contribution in [0.3, 0.4) is 0 Å². The van der Waals surface area contributed by atoms with Gasteiger partial charge in [0.05, 0.1) is 22.8 Å². The van der Waals surface area contributed by atoms with E-state index in [1.165, 1.54) is 0 Å². The molecule has 0 bridgehead atoms. The van der Waals surface area contributed by atoms with Crippen LogP contribution in [0.25, 0.3) is 11.0 Å². The van der Waals surface area contributed by atoms with Gasteiger partial charge in [0.15, 0.2) is 5.65 Å². The highest BCUT2D eigenvalue weighted by atomic mass is 16.2. The summed E-state index contributed by atoms with van der Waals surface area (Å²) >= 11 is 0. The summed E-state index contributed by atoms with van der Waals surface area (Å²) in [6, 6.07) is 1.87. The highest BCUT2D eigenvalue weighted by Gasteiger charge is 2.26. The molecule has 1 fully saturated rings. The van der Waals surface area contributed by atoms with Gasteiger partial charge in [0.1, 0.15) is 5.82 Å². The minimum absolute atomic E-state index is 0.0374. The Labute approximate surface area is 151 Å². The topological polar surface area (TPSA) is 80.0 Å². The SMILES string of the molecule is Cc1cc(C(=O)N2CCN(c3cnccn3)CC2)c2c(C)nn(C)c2n1. The minimum atomic E-state index is 0.0374. The van der Waals surface area contributed by atoms with Gasteiger partial charge in [-0.2, -0.15) is 5.10 Å². The summed E-state index contributed by atoms with van der Waals surface area (Å²) < 4.78 is 1.74. The van der Waals surface area contributed by atoms with Crippen molar-refractivity contribution in [1.29, 1.82) is 0 Å². The van der Waals surface area contributed by atoms with E-state index < -0.39 is 0 Å². The van der Waals surface area contributed by atoms with Crippen molar-refractivity contribution in [1.82, 2.24) is 29.6 Å². The van der Waals surface area contributed by atoms with Crippen LogP contribution in [0.2, 0.25) is 0 Å². The van der Waals surface area contributed by atoms with Crippen molar-refractivity contribution < 1.29 is 4.79 Å². The second-order valence-electron chi connectivity index (χ2n) is 6.56. The van der Waals surface area contributed by atoms with Gasteiger partial charge in [0, 0.05) is 51.3 Å². The lowest BCUT2D eigenvalue weighted by molar-refractivity contribution is 0.0748. The van der Waals surface area contributed by atoms with Crippen molar-refractivity contribution in [3.63, 3.8) is 0 Å². The lowest BCUT2D eigenvalue weighted by Gasteiger charge is -2.35. The molecular weight excluding hydrogens is 330 g/mol. The first-order valence-electron chi connectivity index (χ1n) is 8.66. The number of fused-ring (bicyclic) bond motifs is 1. The minimum Gasteiger partial charge on any atom is -0.352 e. The number of carbonyl (C=O) groups is 1. The fraction of sp³-hybridized carbons (Fsp3) is 0.389. The van der Waals surface area contributed by atoms with Crippen molar-refractivity contribution in [3.8, 4) is 0 Å². The smallest absolute Gasteiger partial charge is 0.254 e. The van der Waals surface area contributed by atoms with Crippen molar-refractivity contribution >= 4 is 22.8 Å². The Balaban J connectivity index is 1.59. The molecule has 26 heavy (non-hydrogen) atoms. The molecule has 0 radical (unpaired) electrons. The van der Waals surface area contributed by atoms with Crippen LogP contribution in [0, 0.1) is 13.8 Å². The van der Waals surface area contributed by atoms with Gasteiger partial charge in [-0.15, -0.1) is 0 Å². The molecule has 1 aliphatic heterocycles. The van der Waals surface area contributed by atoms with E-state index in [1.807, 2.05) is 31.9 Å². The van der Waals surface area contributed by atoms with E-state index in [2.05, 4.69) is 25.0 Å². The van der Waals surface area contributed by atoms with Crippen molar-refractivity contribution in [2.75, 3.05) is 31.1 Å². The first-order valence-corrected chi connectivity index (χ1v) is 8.66. The Kier molecular flexibility index (Phi) is 4.02. The zero-order valence-electron chi connectivity index (χ0n) is 15.2. The summed E-state index contributed by atoms with van der Waals surface area (Å²) in [7, 11) is 1.86. The van der Waals surface area contributed by atoms with Crippen LogP contribution >= 0.6 is 0 Å². The molecule has 0 spiro atoms. The summed E-state index contributed by atoms with van der Waals surface area (Å²) in [5.41, 5.74) is 3.09. The number of nitrogens with zero attached hydrogens (tertiary/aromatic N) is 7. The van der Waals surface area contributed by atoms with Crippen LogP contribution in [0.5, 0.6) is 0 Å². The molecule has 1 saturated heterocycles. The molecule has 1 aliphatic rings. The van der Waals surface area contributed by atoms with Crippen molar-refractivity contribution in [2.45, 2.75) is 13.8 Å². The molecule has 0 saturated carbocycles. The van der Waals surface area contributed by atoms with Gasteiger partial charge < -0.3 is 9.80 Å². The number of hydrogen-bond acceptors (Lipinski definition) is 6. The third-order valence-corrected chi connectivity index (χ3v) is 4.77. The average Bonchev–Trinajstić information content (AvgIpc) is 2.95. The Bertz CT molecular complexity index is 959. The van der Waals surface area contributed by atoms with Gasteiger partial charge in [-0.05, 0) is 19.9 Å². The predicted octanol–water partition coefficient (Wildman–Crippen LogP) is 1.34. The zero-order chi connectivity index (χ0) is 18.3. The second-order valence-corrected chi connectivity index (χ2v) is 6.56. The van der Waals surface area contributed by atoms with E-state index in [9.17, 15) is 4.79 Å². The molecule has 3 aromatic rings. The number of anilines is 1. The number of rotatable bonds is 2. The summed E-state index contributed by atoms with van der Waals surface area (Å²) in [6.45, 7) is 6.61. The normalized spacial score (nSPS) is 14.9. The number of aryl methyl sites for hydroxylation is 3.